The van der Waals surface area contributed by atoms with E-state index in [1.165, 1.54) is 0 Å². The molecule has 1 aliphatic carbocycles. The van der Waals surface area contributed by atoms with Crippen LogP contribution in [0, 0.1) is 0 Å². The molecule has 2 aliphatic rings. The van der Waals surface area contributed by atoms with E-state index in [1.807, 2.05) is 24.4 Å². The van der Waals surface area contributed by atoms with E-state index in [-0.39, 0.29) is 11.3 Å². The lowest BCUT2D eigenvalue weighted by molar-refractivity contribution is -0.123. The van der Waals surface area contributed by atoms with Gasteiger partial charge in [-0.15, -0.1) is 0 Å². The largest absolute Gasteiger partial charge is 0.478 e. The number of ether oxygens (including phenoxy) is 1. The number of carbonyl (C=O) groups excluding carboxylic acids is 1. The normalized spacial score (nSPS) is 16.6. The third kappa shape index (κ3) is 3.12. The van der Waals surface area contributed by atoms with Gasteiger partial charge in [-0.3, -0.25) is 9.78 Å². The molecule has 1 N–H and O–H groups in total. The molecule has 0 saturated heterocycles. The number of amides is 1. The van der Waals surface area contributed by atoms with Crippen LogP contribution in [0.1, 0.15) is 31.2 Å². The Hall–Kier alpha value is -2.99. The summed E-state index contributed by atoms with van der Waals surface area (Å²) in [6.45, 7) is 1.65. The average molecular weight is 402 g/mol. The van der Waals surface area contributed by atoms with Gasteiger partial charge in [0.15, 0.2) is 0 Å². The topological polar surface area (TPSA) is 67.3 Å². The fourth-order valence-corrected chi connectivity index (χ4v) is 4.54. The molecule has 1 aliphatic heterocycles. The van der Waals surface area contributed by atoms with Crippen molar-refractivity contribution in [2.75, 3.05) is 32.6 Å². The number of rotatable bonds is 6. The smallest absolute Gasteiger partial charge is 0.235 e. The molecule has 30 heavy (non-hydrogen) atoms. The van der Waals surface area contributed by atoms with Gasteiger partial charge in [-0.2, -0.15) is 0 Å². The fourth-order valence-electron chi connectivity index (χ4n) is 4.54. The summed E-state index contributed by atoms with van der Waals surface area (Å²) in [6.07, 6.45) is 7.53. The Morgan fingerprint density at radius 2 is 1.93 bits per heavy atom. The van der Waals surface area contributed by atoms with Gasteiger partial charge in [0.05, 0.1) is 29.4 Å². The van der Waals surface area contributed by atoms with Gasteiger partial charge in [0.1, 0.15) is 0 Å². The molecule has 0 unspecified atom stereocenters. The lowest BCUT2D eigenvalue weighted by atomic mass is 9.64. The minimum atomic E-state index is -0.363. The van der Waals surface area contributed by atoms with Crippen LogP contribution in [-0.2, 0) is 10.2 Å². The summed E-state index contributed by atoms with van der Waals surface area (Å²) in [5.41, 5.74) is 4.64. The second kappa shape index (κ2) is 7.36. The maximum atomic E-state index is 12.7. The second-order valence-corrected chi connectivity index (χ2v) is 8.56. The van der Waals surface area contributed by atoms with Crippen molar-refractivity contribution in [3.8, 4) is 17.0 Å². The number of nitrogens with one attached hydrogen (secondary N) is 1. The molecule has 2 aromatic heterocycles. The highest BCUT2D eigenvalue weighted by Crippen LogP contribution is 2.53. The van der Waals surface area contributed by atoms with E-state index in [1.54, 1.807) is 6.20 Å². The van der Waals surface area contributed by atoms with Crippen molar-refractivity contribution in [1.82, 2.24) is 14.9 Å². The van der Waals surface area contributed by atoms with Crippen LogP contribution in [0.4, 0.5) is 5.69 Å². The lowest BCUT2D eigenvalue weighted by Gasteiger charge is -2.36. The van der Waals surface area contributed by atoms with E-state index in [9.17, 15) is 4.79 Å². The summed E-state index contributed by atoms with van der Waals surface area (Å²) in [4.78, 5) is 23.8. The van der Waals surface area contributed by atoms with Gasteiger partial charge >= 0.3 is 0 Å². The van der Waals surface area contributed by atoms with Crippen molar-refractivity contribution in [2.45, 2.75) is 31.1 Å². The molecule has 6 heteroatoms. The molecular formula is C24H26N4O2. The molecule has 0 atom stereocenters. The van der Waals surface area contributed by atoms with Crippen molar-refractivity contribution >= 4 is 22.5 Å². The van der Waals surface area contributed by atoms with Crippen LogP contribution in [0.3, 0.4) is 0 Å². The molecule has 154 valence electrons. The van der Waals surface area contributed by atoms with Crippen molar-refractivity contribution in [3.63, 3.8) is 0 Å². The summed E-state index contributed by atoms with van der Waals surface area (Å²) in [6, 6.07) is 10.2. The fraction of sp³-hybridized carbons (Fsp3) is 0.375. The van der Waals surface area contributed by atoms with Crippen molar-refractivity contribution in [2.24, 2.45) is 0 Å². The average Bonchev–Trinajstić information content (AvgIpc) is 3.04. The number of aromatic nitrogens is 2. The number of pyridine rings is 2. The molecule has 1 spiro atoms. The third-order valence-corrected chi connectivity index (χ3v) is 6.31. The summed E-state index contributed by atoms with van der Waals surface area (Å²) >= 11 is 0. The number of anilines is 1. The van der Waals surface area contributed by atoms with E-state index in [0.717, 1.165) is 65.5 Å². The van der Waals surface area contributed by atoms with Crippen LogP contribution in [0.5, 0.6) is 5.88 Å². The minimum absolute atomic E-state index is 0.126. The minimum Gasteiger partial charge on any atom is -0.478 e. The highest BCUT2D eigenvalue weighted by atomic mass is 16.5. The highest BCUT2D eigenvalue weighted by Gasteiger charge is 2.52. The van der Waals surface area contributed by atoms with Crippen molar-refractivity contribution in [3.05, 3.63) is 48.3 Å². The van der Waals surface area contributed by atoms with E-state index in [2.05, 4.69) is 46.4 Å². The molecule has 3 heterocycles. The van der Waals surface area contributed by atoms with Gasteiger partial charge in [0, 0.05) is 35.3 Å². The zero-order chi connectivity index (χ0) is 20.7. The number of fused-ring (bicyclic) bond motifs is 4. The Labute approximate surface area is 176 Å². The monoisotopic (exact) mass is 402 g/mol. The third-order valence-electron chi connectivity index (χ3n) is 6.31. The predicted octanol–water partition coefficient (Wildman–Crippen LogP) is 4.00. The van der Waals surface area contributed by atoms with Crippen molar-refractivity contribution in [1.29, 1.82) is 0 Å². The Morgan fingerprint density at radius 1 is 1.10 bits per heavy atom. The molecule has 3 aromatic rings. The molecule has 1 fully saturated rings. The van der Waals surface area contributed by atoms with E-state index in [0.29, 0.717) is 12.5 Å². The summed E-state index contributed by atoms with van der Waals surface area (Å²) in [5, 5.41) is 4.11. The predicted molar refractivity (Wildman–Crippen MR) is 118 cm³/mol. The maximum absolute atomic E-state index is 12.7. The number of hydrogen-bond donors (Lipinski definition) is 1. The first-order valence-electron chi connectivity index (χ1n) is 10.6. The zero-order valence-electron chi connectivity index (χ0n) is 17.4. The van der Waals surface area contributed by atoms with Gasteiger partial charge < -0.3 is 15.0 Å². The number of carbonyl (C=O) groups is 1. The molecule has 1 amide bonds. The Kier molecular flexibility index (Phi) is 4.66. The first kappa shape index (κ1) is 19.0. The van der Waals surface area contributed by atoms with Crippen molar-refractivity contribution < 1.29 is 9.53 Å². The van der Waals surface area contributed by atoms with Crippen LogP contribution in [0.2, 0.25) is 0 Å². The summed E-state index contributed by atoms with van der Waals surface area (Å²) < 4.78 is 5.75. The first-order valence-corrected chi connectivity index (χ1v) is 10.6. The Balaban J connectivity index is 1.43. The first-order chi connectivity index (χ1) is 14.6. The van der Waals surface area contributed by atoms with Gasteiger partial charge in [0.2, 0.25) is 11.8 Å². The lowest BCUT2D eigenvalue weighted by Crippen LogP contribution is -2.40. The molecule has 5 rings (SSSR count). The van der Waals surface area contributed by atoms with Crippen LogP contribution >= 0.6 is 0 Å². The molecule has 0 bridgehead atoms. The second-order valence-electron chi connectivity index (χ2n) is 8.56. The standard InChI is InChI=1S/C24H26N4O2/c1-28(2)11-4-12-30-21-8-6-17(14-26-21)16-5-7-19-18(13-16)22-20(15-25-19)27-23(29)24(22)9-3-10-24/h5-8,13-15H,3-4,9-12H2,1-2H3,(H,27,29). The van der Waals surface area contributed by atoms with Crippen LogP contribution in [0.25, 0.3) is 22.0 Å². The van der Waals surface area contributed by atoms with Crippen LogP contribution in [0.15, 0.2) is 42.7 Å². The summed E-state index contributed by atoms with van der Waals surface area (Å²) in [5.74, 6) is 0.768. The molecule has 6 nitrogen and oxygen atoms in total. The van der Waals surface area contributed by atoms with Gasteiger partial charge in [0.25, 0.3) is 0 Å². The molecule has 1 aromatic carbocycles. The van der Waals surface area contributed by atoms with Crippen LogP contribution < -0.4 is 10.1 Å². The molecular weight excluding hydrogens is 376 g/mol. The van der Waals surface area contributed by atoms with Gasteiger partial charge in [-0.05, 0) is 57.1 Å². The SMILES string of the molecule is CN(C)CCCOc1ccc(-c2ccc3ncc4c(c3c2)C2(CCC2)C(=O)N4)cn1. The molecule has 0 radical (unpaired) electrons. The number of nitrogens with zero attached hydrogens (tertiary/aromatic N) is 3. The van der Waals surface area contributed by atoms with Crippen LogP contribution in [-0.4, -0.2) is 48.0 Å². The van der Waals surface area contributed by atoms with E-state index < -0.39 is 0 Å². The number of benzene rings is 1. The van der Waals surface area contributed by atoms with E-state index >= 15 is 0 Å². The maximum Gasteiger partial charge on any atom is 0.235 e. The quantitative estimate of drug-likeness (QED) is 0.631. The Bertz CT molecular complexity index is 1100. The van der Waals surface area contributed by atoms with Gasteiger partial charge in [-0.1, -0.05) is 12.5 Å². The van der Waals surface area contributed by atoms with Gasteiger partial charge in [-0.25, -0.2) is 4.98 Å². The zero-order valence-corrected chi connectivity index (χ0v) is 17.4. The number of hydrogen-bond acceptors (Lipinski definition) is 5. The van der Waals surface area contributed by atoms with E-state index in [4.69, 9.17) is 4.74 Å². The Morgan fingerprint density at radius 3 is 2.63 bits per heavy atom. The summed E-state index contributed by atoms with van der Waals surface area (Å²) in [7, 11) is 4.11. The highest BCUT2D eigenvalue weighted by molar-refractivity contribution is 6.11. The molecule has 1 saturated carbocycles.